The number of carbonyl (C=O) groups is 1. The summed E-state index contributed by atoms with van der Waals surface area (Å²) in [7, 11) is 1.34. The van der Waals surface area contributed by atoms with Crippen LogP contribution in [0.2, 0.25) is 0 Å². The molecule has 0 spiro atoms. The Morgan fingerprint density at radius 2 is 1.93 bits per heavy atom. The third-order valence-electron chi connectivity index (χ3n) is 2.15. The number of methoxy groups -OCH3 is 1. The molecule has 0 heterocycles. The van der Waals surface area contributed by atoms with Crippen LogP contribution in [0.3, 0.4) is 0 Å². The van der Waals surface area contributed by atoms with Crippen molar-refractivity contribution in [1.82, 2.24) is 0 Å². The zero-order valence-corrected chi connectivity index (χ0v) is 9.99. The molecule has 0 aliphatic heterocycles. The maximum atomic E-state index is 10.9. The lowest BCUT2D eigenvalue weighted by Crippen LogP contribution is -2.32. The minimum absolute atomic E-state index is 0.374. The van der Waals surface area contributed by atoms with E-state index in [0.29, 0.717) is 18.9 Å². The van der Waals surface area contributed by atoms with Gasteiger partial charge < -0.3 is 15.2 Å². The molecule has 4 heteroatoms. The summed E-state index contributed by atoms with van der Waals surface area (Å²) in [6, 6.07) is -0.555. The molecule has 1 atom stereocenters. The minimum atomic E-state index is -0.555. The molecule has 0 fully saturated rings. The van der Waals surface area contributed by atoms with Gasteiger partial charge in [-0.2, -0.15) is 0 Å². The summed E-state index contributed by atoms with van der Waals surface area (Å²) in [4.78, 5) is 10.9. The molecule has 4 nitrogen and oxygen atoms in total. The quantitative estimate of drug-likeness (QED) is 0.492. The first kappa shape index (κ1) is 14.4. The van der Waals surface area contributed by atoms with Crippen LogP contribution in [0, 0.1) is 5.92 Å². The Labute approximate surface area is 92.1 Å². The number of carbonyl (C=O) groups excluding carboxylic acids is 1. The molecule has 0 rings (SSSR count). The zero-order valence-electron chi connectivity index (χ0n) is 9.99. The molecule has 1 unspecified atom stereocenters. The maximum absolute atomic E-state index is 10.9. The van der Waals surface area contributed by atoms with E-state index in [1.54, 1.807) is 0 Å². The fraction of sp³-hybridized carbons (Fsp3) is 0.909. The van der Waals surface area contributed by atoms with Gasteiger partial charge in [-0.15, -0.1) is 0 Å². The molecular formula is C11H23NO3. The summed E-state index contributed by atoms with van der Waals surface area (Å²) in [5, 5.41) is 0. The highest BCUT2D eigenvalue weighted by Gasteiger charge is 2.12. The predicted molar refractivity (Wildman–Crippen MR) is 59.5 cm³/mol. The van der Waals surface area contributed by atoms with Crippen molar-refractivity contribution in [3.63, 3.8) is 0 Å². The Bertz CT molecular complexity index is 171. The van der Waals surface area contributed by atoms with Gasteiger partial charge in [0.15, 0.2) is 0 Å². The largest absolute Gasteiger partial charge is 0.468 e. The van der Waals surface area contributed by atoms with Crippen LogP contribution in [-0.2, 0) is 14.3 Å². The van der Waals surface area contributed by atoms with E-state index in [-0.39, 0.29) is 5.97 Å². The van der Waals surface area contributed by atoms with E-state index in [9.17, 15) is 4.79 Å². The molecule has 0 amide bonds. The average molecular weight is 217 g/mol. The van der Waals surface area contributed by atoms with Crippen molar-refractivity contribution in [3.8, 4) is 0 Å². The van der Waals surface area contributed by atoms with Gasteiger partial charge in [0, 0.05) is 13.2 Å². The van der Waals surface area contributed by atoms with Crippen LogP contribution >= 0.6 is 0 Å². The minimum Gasteiger partial charge on any atom is -0.468 e. The van der Waals surface area contributed by atoms with Crippen LogP contribution in [0.5, 0.6) is 0 Å². The normalized spacial score (nSPS) is 12.9. The van der Waals surface area contributed by atoms with Gasteiger partial charge in [-0.1, -0.05) is 13.8 Å². The number of nitrogens with two attached hydrogens (primary N) is 1. The van der Waals surface area contributed by atoms with Crippen LogP contribution in [-0.4, -0.2) is 32.3 Å². The van der Waals surface area contributed by atoms with Crippen molar-refractivity contribution in [2.24, 2.45) is 11.7 Å². The Kier molecular flexibility index (Phi) is 8.33. The third kappa shape index (κ3) is 8.39. The van der Waals surface area contributed by atoms with E-state index in [1.165, 1.54) is 13.5 Å². The summed E-state index contributed by atoms with van der Waals surface area (Å²) >= 11 is 0. The van der Waals surface area contributed by atoms with Gasteiger partial charge in [0.2, 0.25) is 0 Å². The van der Waals surface area contributed by atoms with Crippen LogP contribution in [0.15, 0.2) is 0 Å². The lowest BCUT2D eigenvalue weighted by molar-refractivity contribution is -0.142. The molecule has 0 bridgehead atoms. The van der Waals surface area contributed by atoms with Crippen LogP contribution < -0.4 is 5.73 Å². The molecule has 0 aliphatic rings. The van der Waals surface area contributed by atoms with Gasteiger partial charge >= 0.3 is 5.97 Å². The van der Waals surface area contributed by atoms with Gasteiger partial charge in [0.1, 0.15) is 6.04 Å². The fourth-order valence-corrected chi connectivity index (χ4v) is 1.18. The van der Waals surface area contributed by atoms with Crippen LogP contribution in [0.25, 0.3) is 0 Å². The average Bonchev–Trinajstić information content (AvgIpc) is 2.21. The molecule has 2 N–H and O–H groups in total. The monoisotopic (exact) mass is 217 g/mol. The second-order valence-corrected chi connectivity index (χ2v) is 4.07. The second kappa shape index (κ2) is 8.68. The summed E-state index contributed by atoms with van der Waals surface area (Å²) in [5.41, 5.74) is 5.54. The number of hydrogen-bond donors (Lipinski definition) is 1. The first-order valence-corrected chi connectivity index (χ1v) is 5.49. The molecular weight excluding hydrogens is 194 g/mol. The summed E-state index contributed by atoms with van der Waals surface area (Å²) in [5.74, 6) is 0.340. The molecule has 0 aliphatic carbocycles. The predicted octanol–water partition coefficient (Wildman–Crippen LogP) is 1.33. The van der Waals surface area contributed by atoms with Crippen molar-refractivity contribution < 1.29 is 14.3 Å². The number of hydrogen-bond acceptors (Lipinski definition) is 4. The van der Waals surface area contributed by atoms with Gasteiger partial charge in [-0.05, 0) is 25.2 Å². The number of rotatable bonds is 8. The first-order chi connectivity index (χ1) is 7.07. The lowest BCUT2D eigenvalue weighted by Gasteiger charge is -2.09. The van der Waals surface area contributed by atoms with E-state index in [2.05, 4.69) is 18.6 Å². The van der Waals surface area contributed by atoms with E-state index in [0.717, 1.165) is 13.0 Å². The molecule has 15 heavy (non-hydrogen) atoms. The van der Waals surface area contributed by atoms with Gasteiger partial charge in [0.25, 0.3) is 0 Å². The Balaban J connectivity index is 3.27. The highest BCUT2D eigenvalue weighted by Crippen LogP contribution is 2.03. The molecule has 0 aromatic carbocycles. The highest BCUT2D eigenvalue weighted by atomic mass is 16.5. The van der Waals surface area contributed by atoms with E-state index < -0.39 is 6.04 Å². The summed E-state index contributed by atoms with van der Waals surface area (Å²) in [6.45, 7) is 5.64. The lowest BCUT2D eigenvalue weighted by atomic mass is 10.1. The van der Waals surface area contributed by atoms with E-state index in [1.807, 2.05) is 0 Å². The Morgan fingerprint density at radius 1 is 1.27 bits per heavy atom. The number of esters is 1. The Morgan fingerprint density at radius 3 is 2.47 bits per heavy atom. The SMILES string of the molecule is COC(=O)C(N)CCOCCCC(C)C. The van der Waals surface area contributed by atoms with Crippen molar-refractivity contribution in [3.05, 3.63) is 0 Å². The fourth-order valence-electron chi connectivity index (χ4n) is 1.18. The first-order valence-electron chi connectivity index (χ1n) is 5.49. The number of ether oxygens (including phenoxy) is 2. The topological polar surface area (TPSA) is 61.5 Å². The van der Waals surface area contributed by atoms with Crippen molar-refractivity contribution in [2.75, 3.05) is 20.3 Å². The molecule has 0 radical (unpaired) electrons. The van der Waals surface area contributed by atoms with Gasteiger partial charge in [-0.25, -0.2) is 0 Å². The summed E-state index contributed by atoms with van der Waals surface area (Å²) < 4.78 is 9.86. The maximum Gasteiger partial charge on any atom is 0.322 e. The standard InChI is InChI=1S/C11H23NO3/c1-9(2)5-4-7-15-8-6-10(12)11(13)14-3/h9-10H,4-8,12H2,1-3H3. The van der Waals surface area contributed by atoms with Gasteiger partial charge in [-0.3, -0.25) is 4.79 Å². The molecule has 0 aromatic rings. The van der Waals surface area contributed by atoms with Crippen LogP contribution in [0.4, 0.5) is 0 Å². The molecule has 0 aromatic heterocycles. The molecule has 90 valence electrons. The van der Waals surface area contributed by atoms with Gasteiger partial charge in [0.05, 0.1) is 7.11 Å². The molecule has 0 saturated carbocycles. The molecule has 0 saturated heterocycles. The van der Waals surface area contributed by atoms with E-state index in [4.69, 9.17) is 10.5 Å². The Hall–Kier alpha value is -0.610. The summed E-state index contributed by atoms with van der Waals surface area (Å²) in [6.07, 6.45) is 2.75. The van der Waals surface area contributed by atoms with E-state index >= 15 is 0 Å². The third-order valence-corrected chi connectivity index (χ3v) is 2.15. The smallest absolute Gasteiger partial charge is 0.322 e. The highest BCUT2D eigenvalue weighted by molar-refractivity contribution is 5.75. The second-order valence-electron chi connectivity index (χ2n) is 4.07. The zero-order chi connectivity index (χ0) is 11.7. The van der Waals surface area contributed by atoms with Crippen molar-refractivity contribution in [2.45, 2.75) is 39.2 Å². The van der Waals surface area contributed by atoms with Crippen molar-refractivity contribution >= 4 is 5.97 Å². The van der Waals surface area contributed by atoms with Crippen molar-refractivity contribution in [1.29, 1.82) is 0 Å². The van der Waals surface area contributed by atoms with Crippen LogP contribution in [0.1, 0.15) is 33.1 Å².